The third-order valence-electron chi connectivity index (χ3n) is 6.96. The van der Waals surface area contributed by atoms with E-state index in [0.717, 1.165) is 0 Å². The Balaban J connectivity index is 2.11. The van der Waals surface area contributed by atoms with E-state index in [1.165, 1.54) is 24.7 Å². The second-order valence-corrected chi connectivity index (χ2v) is 11.6. The van der Waals surface area contributed by atoms with Crippen molar-refractivity contribution in [3.05, 3.63) is 48.0 Å². The number of carboxylic acid groups (broad SMARTS) is 1. The fraction of sp³-hybridized carbons (Fsp3) is 0.467. The Labute approximate surface area is 281 Å². The predicted molar refractivity (Wildman–Crippen MR) is 171 cm³/mol. The summed E-state index contributed by atoms with van der Waals surface area (Å²) in [5.74, 6) is -6.91. The molecule has 268 valence electrons. The Bertz CT molecular complexity index is 1450. The number of nitrogens with two attached hydrogens (primary N) is 2. The van der Waals surface area contributed by atoms with Crippen LogP contribution in [0.2, 0.25) is 0 Å². The van der Waals surface area contributed by atoms with Crippen LogP contribution in [0.1, 0.15) is 37.9 Å². The first-order valence-corrected chi connectivity index (χ1v) is 15.2. The van der Waals surface area contributed by atoms with Crippen LogP contribution in [0.5, 0.6) is 5.75 Å². The van der Waals surface area contributed by atoms with Crippen LogP contribution in [0.15, 0.2) is 36.8 Å². The van der Waals surface area contributed by atoms with Crippen LogP contribution >= 0.6 is 0 Å². The lowest BCUT2D eigenvalue weighted by atomic mass is 10.0. The van der Waals surface area contributed by atoms with Gasteiger partial charge in [0, 0.05) is 18.3 Å². The van der Waals surface area contributed by atoms with Crippen molar-refractivity contribution in [2.75, 3.05) is 13.2 Å². The van der Waals surface area contributed by atoms with Crippen molar-refractivity contribution in [2.45, 2.75) is 69.7 Å². The van der Waals surface area contributed by atoms with Crippen molar-refractivity contribution in [1.82, 2.24) is 36.6 Å². The van der Waals surface area contributed by atoms with E-state index in [9.17, 15) is 48.9 Å². The first-order valence-electron chi connectivity index (χ1n) is 15.2. The predicted octanol–water partition coefficient (Wildman–Crippen LogP) is -3.72. The molecule has 0 aliphatic carbocycles. The van der Waals surface area contributed by atoms with Gasteiger partial charge in [-0.1, -0.05) is 26.0 Å². The van der Waals surface area contributed by atoms with Gasteiger partial charge in [-0.2, -0.15) is 0 Å². The van der Waals surface area contributed by atoms with Gasteiger partial charge >= 0.3 is 5.97 Å². The SMILES string of the molecule is CC(C)C[C@H](NC(=O)CNC(=O)[C@H](Cc1cnc[nH]1)NC(=O)[C@H](CC(N)=O)NC(=O)[C@H](CO)NC(=O)[C@@H](N)Cc1ccc(O)cc1)C(=O)O. The number of aliphatic carboxylic acids is 1. The maximum absolute atomic E-state index is 13.3. The number of carbonyl (C=O) groups excluding carboxylic acids is 6. The fourth-order valence-electron chi connectivity index (χ4n) is 4.46. The summed E-state index contributed by atoms with van der Waals surface area (Å²) in [5.41, 5.74) is 12.2. The second kappa shape index (κ2) is 19.3. The number of nitrogens with zero attached hydrogens (tertiary/aromatic N) is 1. The number of hydrogen-bond acceptors (Lipinski definition) is 11. The minimum Gasteiger partial charge on any atom is -0.508 e. The Morgan fingerprint density at radius 2 is 1.45 bits per heavy atom. The zero-order chi connectivity index (χ0) is 36.7. The lowest BCUT2D eigenvalue weighted by Gasteiger charge is -2.25. The number of carbonyl (C=O) groups is 7. The quantitative estimate of drug-likeness (QED) is 0.0640. The van der Waals surface area contributed by atoms with Crippen molar-refractivity contribution < 1.29 is 48.9 Å². The third kappa shape index (κ3) is 14.0. The van der Waals surface area contributed by atoms with Crippen molar-refractivity contribution >= 4 is 41.4 Å². The minimum atomic E-state index is -1.67. The number of nitrogens with one attached hydrogen (secondary N) is 6. The molecule has 5 atom stereocenters. The molecule has 49 heavy (non-hydrogen) atoms. The zero-order valence-corrected chi connectivity index (χ0v) is 27.0. The Kier molecular flexibility index (Phi) is 15.6. The van der Waals surface area contributed by atoms with E-state index < -0.39 is 91.2 Å². The van der Waals surface area contributed by atoms with Crippen molar-refractivity contribution in [3.8, 4) is 5.75 Å². The molecule has 0 saturated heterocycles. The van der Waals surface area contributed by atoms with Crippen LogP contribution < -0.4 is 38.1 Å². The monoisotopic (exact) mass is 689 g/mol. The smallest absolute Gasteiger partial charge is 0.326 e. The van der Waals surface area contributed by atoms with E-state index in [1.807, 2.05) is 0 Å². The van der Waals surface area contributed by atoms with E-state index in [4.69, 9.17) is 11.5 Å². The number of carboxylic acids is 1. The Morgan fingerprint density at radius 1 is 0.837 bits per heavy atom. The lowest BCUT2D eigenvalue weighted by Crippen LogP contribution is -2.59. The van der Waals surface area contributed by atoms with Crippen LogP contribution in [0.25, 0.3) is 0 Å². The number of amides is 6. The average molecular weight is 690 g/mol. The number of aromatic hydroxyl groups is 1. The fourth-order valence-corrected chi connectivity index (χ4v) is 4.46. The molecule has 0 radical (unpaired) electrons. The van der Waals surface area contributed by atoms with Gasteiger partial charge in [0.2, 0.25) is 35.4 Å². The number of aliphatic hydroxyl groups excluding tert-OH is 1. The van der Waals surface area contributed by atoms with Gasteiger partial charge in [0.25, 0.3) is 0 Å². The van der Waals surface area contributed by atoms with Gasteiger partial charge < -0.3 is 58.4 Å². The third-order valence-corrected chi connectivity index (χ3v) is 6.96. The molecule has 0 fully saturated rings. The largest absolute Gasteiger partial charge is 0.508 e. The van der Waals surface area contributed by atoms with Gasteiger partial charge in [0.15, 0.2) is 0 Å². The number of aromatic nitrogens is 2. The summed E-state index contributed by atoms with van der Waals surface area (Å²) in [6, 6.07) is -1.13. The van der Waals surface area contributed by atoms with E-state index in [0.29, 0.717) is 11.3 Å². The number of phenolic OH excluding ortho intramolecular Hbond substituents is 1. The number of benzene rings is 1. The van der Waals surface area contributed by atoms with Gasteiger partial charge in [0.1, 0.15) is 29.9 Å². The van der Waals surface area contributed by atoms with Crippen molar-refractivity contribution in [2.24, 2.45) is 17.4 Å². The van der Waals surface area contributed by atoms with Crippen LogP contribution in [0, 0.1) is 5.92 Å². The first-order chi connectivity index (χ1) is 23.1. The van der Waals surface area contributed by atoms with Crippen molar-refractivity contribution in [1.29, 1.82) is 0 Å². The van der Waals surface area contributed by atoms with Gasteiger partial charge in [-0.3, -0.25) is 28.8 Å². The molecule has 0 spiro atoms. The zero-order valence-electron chi connectivity index (χ0n) is 27.0. The number of H-pyrrole nitrogens is 1. The number of primary amides is 1. The maximum Gasteiger partial charge on any atom is 0.326 e. The van der Waals surface area contributed by atoms with Crippen LogP contribution in [0.3, 0.4) is 0 Å². The molecule has 1 heterocycles. The molecule has 19 heteroatoms. The number of aliphatic hydroxyl groups is 1. The molecular weight excluding hydrogens is 646 g/mol. The molecule has 0 aliphatic heterocycles. The topological polar surface area (TPSA) is 321 Å². The minimum absolute atomic E-state index is 0.0113. The Morgan fingerprint density at radius 3 is 2.00 bits per heavy atom. The highest BCUT2D eigenvalue weighted by atomic mass is 16.4. The molecule has 0 saturated carbocycles. The normalized spacial score (nSPS) is 14.0. The van der Waals surface area contributed by atoms with E-state index in [-0.39, 0.29) is 30.9 Å². The maximum atomic E-state index is 13.3. The van der Waals surface area contributed by atoms with E-state index >= 15 is 0 Å². The summed E-state index contributed by atoms with van der Waals surface area (Å²) < 4.78 is 0. The summed E-state index contributed by atoms with van der Waals surface area (Å²) in [4.78, 5) is 94.4. The first kappa shape index (κ1) is 39.6. The average Bonchev–Trinajstić information content (AvgIpc) is 3.55. The van der Waals surface area contributed by atoms with Gasteiger partial charge in [-0.05, 0) is 36.5 Å². The Hall–Kier alpha value is -5.56. The number of phenols is 1. The lowest BCUT2D eigenvalue weighted by molar-refractivity contribution is -0.142. The van der Waals surface area contributed by atoms with Crippen LogP contribution in [-0.2, 0) is 46.4 Å². The summed E-state index contributed by atoms with van der Waals surface area (Å²) in [5, 5.41) is 40.1. The summed E-state index contributed by atoms with van der Waals surface area (Å²) in [6.45, 7) is 2.00. The van der Waals surface area contributed by atoms with Gasteiger partial charge in [-0.25, -0.2) is 9.78 Å². The van der Waals surface area contributed by atoms with Gasteiger partial charge in [-0.15, -0.1) is 0 Å². The molecule has 6 amide bonds. The molecule has 1 aromatic carbocycles. The second-order valence-electron chi connectivity index (χ2n) is 11.6. The standard InChI is InChI=1S/C30H43N9O10/c1-15(2)7-22(30(48)49)36-25(43)12-34-27(45)20(9-17-11-33-14-35-17)37-28(46)21(10-24(32)42)38-29(47)23(13-40)39-26(44)19(31)8-16-3-5-18(41)6-4-16/h3-6,11,14-15,19-23,40-41H,7-10,12-13,31H2,1-2H3,(H2,32,42)(H,33,35)(H,34,45)(H,36,43)(H,37,46)(H,38,47)(H,39,44)(H,48,49)/t19-,20-,21-,22-,23-/m0/s1. The highest BCUT2D eigenvalue weighted by molar-refractivity contribution is 5.97. The van der Waals surface area contributed by atoms with Gasteiger partial charge in [0.05, 0.1) is 31.9 Å². The van der Waals surface area contributed by atoms with Crippen LogP contribution in [-0.4, -0.2) is 110 Å². The number of hydrogen-bond donors (Lipinski definition) is 11. The number of imidazole rings is 1. The highest BCUT2D eigenvalue weighted by Crippen LogP contribution is 2.11. The molecule has 1 aromatic heterocycles. The van der Waals surface area contributed by atoms with Crippen LogP contribution in [0.4, 0.5) is 0 Å². The number of aromatic amines is 1. The number of rotatable bonds is 20. The molecule has 2 aromatic rings. The molecule has 0 aliphatic rings. The molecule has 2 rings (SSSR count). The molecule has 13 N–H and O–H groups in total. The molecular formula is C30H43N9O10. The summed E-state index contributed by atoms with van der Waals surface area (Å²) >= 11 is 0. The van der Waals surface area contributed by atoms with E-state index in [2.05, 4.69) is 36.6 Å². The summed E-state index contributed by atoms with van der Waals surface area (Å²) in [6.07, 6.45) is 1.93. The molecule has 19 nitrogen and oxygen atoms in total. The van der Waals surface area contributed by atoms with E-state index in [1.54, 1.807) is 26.0 Å². The molecule has 0 bridgehead atoms. The van der Waals surface area contributed by atoms with Crippen molar-refractivity contribution in [3.63, 3.8) is 0 Å². The molecule has 0 unspecified atom stereocenters. The summed E-state index contributed by atoms with van der Waals surface area (Å²) in [7, 11) is 0. The highest BCUT2D eigenvalue weighted by Gasteiger charge is 2.32.